The molecule has 0 saturated carbocycles. The van der Waals surface area contributed by atoms with Gasteiger partial charge in [-0.3, -0.25) is 0 Å². The first kappa shape index (κ1) is 13.8. The van der Waals surface area contributed by atoms with Gasteiger partial charge < -0.3 is 10.5 Å². The summed E-state index contributed by atoms with van der Waals surface area (Å²) in [6.45, 7) is 1.15. The molecule has 1 heterocycles. The zero-order valence-corrected chi connectivity index (χ0v) is 12.6. The van der Waals surface area contributed by atoms with Crippen LogP contribution in [0.2, 0.25) is 5.02 Å². The summed E-state index contributed by atoms with van der Waals surface area (Å²) in [7, 11) is 0. The molecule has 2 nitrogen and oxygen atoms in total. The number of ether oxygens (including phenoxy) is 1. The van der Waals surface area contributed by atoms with Crippen LogP contribution < -0.4 is 10.5 Å². The predicted molar refractivity (Wildman–Crippen MR) is 84.7 cm³/mol. The molecule has 4 heteroatoms. The van der Waals surface area contributed by atoms with Crippen molar-refractivity contribution in [2.75, 3.05) is 12.4 Å². The molecule has 0 aromatic heterocycles. The maximum Gasteiger partial charge on any atom is 0.137 e. The molecule has 2 aromatic carbocycles. The first-order valence-electron chi connectivity index (χ1n) is 6.61. The predicted octanol–water partition coefficient (Wildman–Crippen LogP) is 4.07. The van der Waals surface area contributed by atoms with Crippen molar-refractivity contribution >= 4 is 23.4 Å². The van der Waals surface area contributed by atoms with Crippen molar-refractivity contribution in [1.82, 2.24) is 0 Å². The maximum absolute atomic E-state index is 6.21. The van der Waals surface area contributed by atoms with E-state index in [0.29, 0.717) is 24.1 Å². The maximum atomic E-state index is 6.21. The van der Waals surface area contributed by atoms with Gasteiger partial charge in [-0.1, -0.05) is 35.9 Å². The molecule has 0 amide bonds. The van der Waals surface area contributed by atoms with Crippen LogP contribution in [0, 0.1) is 0 Å². The van der Waals surface area contributed by atoms with Gasteiger partial charge in [0.05, 0.1) is 11.6 Å². The topological polar surface area (TPSA) is 35.2 Å². The molecule has 0 spiro atoms. The Bertz CT molecular complexity index is 617. The van der Waals surface area contributed by atoms with Gasteiger partial charge >= 0.3 is 0 Å². The van der Waals surface area contributed by atoms with Gasteiger partial charge in [0.15, 0.2) is 0 Å². The lowest BCUT2D eigenvalue weighted by Crippen LogP contribution is -2.10. The van der Waals surface area contributed by atoms with E-state index in [4.69, 9.17) is 22.1 Å². The second-order valence-electron chi connectivity index (χ2n) is 4.83. The Labute approximate surface area is 128 Å². The number of fused-ring (bicyclic) bond motifs is 1. The molecule has 0 radical (unpaired) electrons. The third kappa shape index (κ3) is 2.80. The number of hydrogen-bond donors (Lipinski definition) is 1. The summed E-state index contributed by atoms with van der Waals surface area (Å²) in [5.74, 6) is 2.23. The van der Waals surface area contributed by atoms with Crippen LogP contribution >= 0.6 is 23.4 Å². The quantitative estimate of drug-likeness (QED) is 0.925. The van der Waals surface area contributed by atoms with E-state index < -0.39 is 0 Å². The number of nitrogens with two attached hydrogens (primary N) is 1. The van der Waals surface area contributed by atoms with Crippen LogP contribution in [0.1, 0.15) is 17.0 Å². The first-order chi connectivity index (χ1) is 9.78. The van der Waals surface area contributed by atoms with Gasteiger partial charge in [-0.05, 0) is 29.3 Å². The van der Waals surface area contributed by atoms with Crippen molar-refractivity contribution in [2.45, 2.75) is 17.4 Å². The second kappa shape index (κ2) is 6.08. The highest BCUT2D eigenvalue weighted by atomic mass is 35.5. The molecule has 0 fully saturated rings. The molecule has 0 bridgehead atoms. The lowest BCUT2D eigenvalue weighted by molar-refractivity contribution is 0.298. The van der Waals surface area contributed by atoms with Crippen molar-refractivity contribution in [3.8, 4) is 5.75 Å². The molecule has 1 atom stereocenters. The molecular formula is C16H16ClNOS. The molecule has 1 aliphatic heterocycles. The molecular weight excluding hydrogens is 290 g/mol. The molecule has 2 N–H and O–H groups in total. The lowest BCUT2D eigenvalue weighted by atomic mass is 10.0. The molecule has 20 heavy (non-hydrogen) atoms. The Morgan fingerprint density at radius 1 is 1.25 bits per heavy atom. The van der Waals surface area contributed by atoms with Crippen molar-refractivity contribution < 1.29 is 4.74 Å². The SMILES string of the molecule is NCc1ccc(OCC2CSc3ccccc32)c(Cl)c1. The average Bonchev–Trinajstić information content (AvgIpc) is 2.89. The smallest absolute Gasteiger partial charge is 0.137 e. The Morgan fingerprint density at radius 2 is 2.10 bits per heavy atom. The lowest BCUT2D eigenvalue weighted by Gasteiger charge is -2.14. The van der Waals surface area contributed by atoms with E-state index in [2.05, 4.69) is 24.3 Å². The van der Waals surface area contributed by atoms with Crippen LogP contribution in [0.3, 0.4) is 0 Å². The van der Waals surface area contributed by atoms with E-state index in [1.807, 2.05) is 30.0 Å². The summed E-state index contributed by atoms with van der Waals surface area (Å²) in [6.07, 6.45) is 0. The zero-order chi connectivity index (χ0) is 13.9. The van der Waals surface area contributed by atoms with E-state index >= 15 is 0 Å². The van der Waals surface area contributed by atoms with Crippen LogP contribution in [0.15, 0.2) is 47.4 Å². The minimum absolute atomic E-state index is 0.432. The van der Waals surface area contributed by atoms with Crippen molar-refractivity contribution in [3.05, 3.63) is 58.6 Å². The minimum atomic E-state index is 0.432. The van der Waals surface area contributed by atoms with E-state index in [1.165, 1.54) is 10.5 Å². The molecule has 1 aliphatic rings. The van der Waals surface area contributed by atoms with Crippen molar-refractivity contribution in [1.29, 1.82) is 0 Å². The number of thioether (sulfide) groups is 1. The van der Waals surface area contributed by atoms with Crippen LogP contribution in [0.4, 0.5) is 0 Å². The Balaban J connectivity index is 1.69. The van der Waals surface area contributed by atoms with Gasteiger partial charge in [-0.15, -0.1) is 11.8 Å². The van der Waals surface area contributed by atoms with Gasteiger partial charge in [0, 0.05) is 23.1 Å². The fourth-order valence-corrected chi connectivity index (χ4v) is 3.84. The number of benzene rings is 2. The minimum Gasteiger partial charge on any atom is -0.491 e. The number of halogens is 1. The summed E-state index contributed by atoms with van der Waals surface area (Å²) in [5, 5.41) is 0.631. The van der Waals surface area contributed by atoms with E-state index in [1.54, 1.807) is 0 Å². The molecule has 3 rings (SSSR count). The third-order valence-electron chi connectivity index (χ3n) is 3.47. The standard InChI is InChI=1S/C16H16ClNOS/c17-14-7-11(8-18)5-6-15(14)19-9-12-10-20-16-4-2-1-3-13(12)16/h1-7,12H,8-10,18H2. The van der Waals surface area contributed by atoms with E-state index in [-0.39, 0.29) is 0 Å². The second-order valence-corrected chi connectivity index (χ2v) is 6.29. The Hall–Kier alpha value is -1.16. The average molecular weight is 306 g/mol. The van der Waals surface area contributed by atoms with Gasteiger partial charge in [-0.2, -0.15) is 0 Å². The van der Waals surface area contributed by atoms with E-state index in [9.17, 15) is 0 Å². The van der Waals surface area contributed by atoms with Crippen LogP contribution in [-0.4, -0.2) is 12.4 Å². The van der Waals surface area contributed by atoms with Gasteiger partial charge in [0.2, 0.25) is 0 Å². The summed E-state index contributed by atoms with van der Waals surface area (Å²) >= 11 is 8.10. The van der Waals surface area contributed by atoms with Crippen molar-refractivity contribution in [2.24, 2.45) is 5.73 Å². The Morgan fingerprint density at radius 3 is 2.90 bits per heavy atom. The zero-order valence-electron chi connectivity index (χ0n) is 11.0. The normalized spacial score (nSPS) is 17.0. The molecule has 2 aromatic rings. The fourth-order valence-electron chi connectivity index (χ4n) is 2.35. The fraction of sp³-hybridized carbons (Fsp3) is 0.250. The van der Waals surface area contributed by atoms with Crippen LogP contribution in [-0.2, 0) is 6.54 Å². The number of rotatable bonds is 4. The highest BCUT2D eigenvalue weighted by molar-refractivity contribution is 7.99. The molecule has 1 unspecified atom stereocenters. The third-order valence-corrected chi connectivity index (χ3v) is 5.02. The van der Waals surface area contributed by atoms with Gasteiger partial charge in [0.1, 0.15) is 5.75 Å². The van der Waals surface area contributed by atoms with Gasteiger partial charge in [-0.25, -0.2) is 0 Å². The summed E-state index contributed by atoms with van der Waals surface area (Å²) in [5.41, 5.74) is 7.99. The largest absolute Gasteiger partial charge is 0.491 e. The molecule has 104 valence electrons. The highest BCUT2D eigenvalue weighted by Crippen LogP contribution is 2.39. The van der Waals surface area contributed by atoms with Gasteiger partial charge in [0.25, 0.3) is 0 Å². The summed E-state index contributed by atoms with van der Waals surface area (Å²) < 4.78 is 5.89. The number of hydrogen-bond acceptors (Lipinski definition) is 3. The van der Waals surface area contributed by atoms with E-state index in [0.717, 1.165) is 17.1 Å². The first-order valence-corrected chi connectivity index (χ1v) is 7.97. The molecule has 0 aliphatic carbocycles. The highest BCUT2D eigenvalue weighted by Gasteiger charge is 2.23. The Kier molecular flexibility index (Phi) is 4.20. The molecule has 0 saturated heterocycles. The monoisotopic (exact) mass is 305 g/mol. The van der Waals surface area contributed by atoms with Crippen LogP contribution in [0.5, 0.6) is 5.75 Å². The van der Waals surface area contributed by atoms with Crippen molar-refractivity contribution in [3.63, 3.8) is 0 Å². The summed E-state index contributed by atoms with van der Waals surface area (Å²) in [4.78, 5) is 1.37. The summed E-state index contributed by atoms with van der Waals surface area (Å²) in [6, 6.07) is 14.2. The van der Waals surface area contributed by atoms with Crippen LogP contribution in [0.25, 0.3) is 0 Å².